The Hall–Kier alpha value is -0.850. The van der Waals surface area contributed by atoms with E-state index in [1.54, 1.807) is 6.08 Å². The van der Waals surface area contributed by atoms with Crippen molar-refractivity contribution in [3.8, 4) is 0 Å². The van der Waals surface area contributed by atoms with Crippen LogP contribution in [-0.4, -0.2) is 5.78 Å². The standard InChI is InChI=1S/C10H14O/c1-7(2)10-5-4-9(11)6-8(10)3/h6,10H,1,4-5H2,2-3H3. The van der Waals surface area contributed by atoms with Crippen LogP contribution >= 0.6 is 0 Å². The molecule has 0 N–H and O–H groups in total. The molecule has 0 fully saturated rings. The van der Waals surface area contributed by atoms with Crippen molar-refractivity contribution in [2.24, 2.45) is 5.92 Å². The first-order chi connectivity index (χ1) is 5.11. The minimum absolute atomic E-state index is 0.264. The molecule has 0 amide bonds. The zero-order chi connectivity index (χ0) is 8.43. The molecule has 1 rings (SSSR count). The van der Waals surface area contributed by atoms with Crippen molar-refractivity contribution in [1.82, 2.24) is 0 Å². The Bertz CT molecular complexity index is 223. The molecule has 1 aliphatic carbocycles. The molecule has 0 aromatic rings. The molecule has 11 heavy (non-hydrogen) atoms. The van der Waals surface area contributed by atoms with Gasteiger partial charge in [-0.2, -0.15) is 0 Å². The lowest BCUT2D eigenvalue weighted by Crippen LogP contribution is -2.12. The average molecular weight is 150 g/mol. The van der Waals surface area contributed by atoms with Gasteiger partial charge in [0.25, 0.3) is 0 Å². The lowest BCUT2D eigenvalue weighted by molar-refractivity contribution is -0.115. The van der Waals surface area contributed by atoms with Gasteiger partial charge in [0.05, 0.1) is 0 Å². The summed E-state index contributed by atoms with van der Waals surface area (Å²) in [4.78, 5) is 10.9. The monoisotopic (exact) mass is 150 g/mol. The summed E-state index contributed by atoms with van der Waals surface area (Å²) >= 11 is 0. The molecule has 0 aromatic carbocycles. The van der Waals surface area contributed by atoms with Crippen LogP contribution in [0.4, 0.5) is 0 Å². The number of hydrogen-bond donors (Lipinski definition) is 0. The Morgan fingerprint density at radius 3 is 2.82 bits per heavy atom. The lowest BCUT2D eigenvalue weighted by atomic mass is 9.84. The van der Waals surface area contributed by atoms with Crippen molar-refractivity contribution in [2.75, 3.05) is 0 Å². The fourth-order valence-electron chi connectivity index (χ4n) is 1.58. The van der Waals surface area contributed by atoms with E-state index in [4.69, 9.17) is 0 Å². The highest BCUT2D eigenvalue weighted by Crippen LogP contribution is 2.27. The van der Waals surface area contributed by atoms with E-state index in [1.807, 2.05) is 13.8 Å². The van der Waals surface area contributed by atoms with Crippen LogP contribution in [0.3, 0.4) is 0 Å². The van der Waals surface area contributed by atoms with Crippen LogP contribution in [0, 0.1) is 5.92 Å². The van der Waals surface area contributed by atoms with E-state index in [0.29, 0.717) is 12.3 Å². The molecule has 0 aromatic heterocycles. The summed E-state index contributed by atoms with van der Waals surface area (Å²) in [6.45, 7) is 7.94. The van der Waals surface area contributed by atoms with Gasteiger partial charge >= 0.3 is 0 Å². The van der Waals surface area contributed by atoms with Gasteiger partial charge in [-0.15, -0.1) is 0 Å². The third kappa shape index (κ3) is 1.79. The van der Waals surface area contributed by atoms with E-state index in [0.717, 1.165) is 6.42 Å². The van der Waals surface area contributed by atoms with Crippen molar-refractivity contribution in [3.63, 3.8) is 0 Å². The first kappa shape index (κ1) is 8.25. The highest BCUT2D eigenvalue weighted by atomic mass is 16.1. The summed E-state index contributed by atoms with van der Waals surface area (Å²) in [7, 11) is 0. The molecule has 1 aliphatic rings. The molecular weight excluding hydrogens is 136 g/mol. The van der Waals surface area contributed by atoms with Gasteiger partial charge in [0.2, 0.25) is 0 Å². The van der Waals surface area contributed by atoms with E-state index in [1.165, 1.54) is 11.1 Å². The van der Waals surface area contributed by atoms with Gasteiger partial charge in [0.15, 0.2) is 5.78 Å². The predicted octanol–water partition coefficient (Wildman–Crippen LogP) is 2.49. The van der Waals surface area contributed by atoms with Crippen LogP contribution in [0.25, 0.3) is 0 Å². The minimum atomic E-state index is 0.264. The highest BCUT2D eigenvalue weighted by Gasteiger charge is 2.18. The highest BCUT2D eigenvalue weighted by molar-refractivity contribution is 5.91. The zero-order valence-corrected chi connectivity index (χ0v) is 7.18. The van der Waals surface area contributed by atoms with Crippen LogP contribution in [0.2, 0.25) is 0 Å². The molecule has 0 saturated heterocycles. The molecule has 0 spiro atoms. The van der Waals surface area contributed by atoms with Crippen molar-refractivity contribution < 1.29 is 4.79 Å². The van der Waals surface area contributed by atoms with Gasteiger partial charge in [0.1, 0.15) is 0 Å². The number of carbonyl (C=O) groups excluding carboxylic acids is 1. The Balaban J connectivity index is 2.80. The number of allylic oxidation sites excluding steroid dienone is 3. The Morgan fingerprint density at radius 2 is 2.36 bits per heavy atom. The maximum atomic E-state index is 10.9. The normalized spacial score (nSPS) is 24.7. The smallest absolute Gasteiger partial charge is 0.155 e. The zero-order valence-electron chi connectivity index (χ0n) is 7.18. The molecule has 0 radical (unpaired) electrons. The first-order valence-electron chi connectivity index (χ1n) is 3.97. The van der Waals surface area contributed by atoms with Crippen molar-refractivity contribution in [1.29, 1.82) is 0 Å². The van der Waals surface area contributed by atoms with Gasteiger partial charge in [-0.3, -0.25) is 4.79 Å². The summed E-state index contributed by atoms with van der Waals surface area (Å²) < 4.78 is 0. The number of carbonyl (C=O) groups is 1. The number of hydrogen-bond acceptors (Lipinski definition) is 1. The fourth-order valence-corrected chi connectivity index (χ4v) is 1.58. The summed E-state index contributed by atoms with van der Waals surface area (Å²) in [6, 6.07) is 0. The second-order valence-electron chi connectivity index (χ2n) is 3.29. The molecule has 0 aliphatic heterocycles. The fraction of sp³-hybridized carbons (Fsp3) is 0.500. The van der Waals surface area contributed by atoms with E-state index in [2.05, 4.69) is 6.58 Å². The lowest BCUT2D eigenvalue weighted by Gasteiger charge is -2.20. The van der Waals surface area contributed by atoms with Gasteiger partial charge < -0.3 is 0 Å². The van der Waals surface area contributed by atoms with Gasteiger partial charge in [-0.05, 0) is 26.3 Å². The third-order valence-corrected chi connectivity index (χ3v) is 2.21. The second kappa shape index (κ2) is 3.04. The van der Waals surface area contributed by atoms with Crippen LogP contribution in [0.1, 0.15) is 26.7 Å². The molecule has 60 valence electrons. The predicted molar refractivity (Wildman–Crippen MR) is 46.3 cm³/mol. The molecule has 0 saturated carbocycles. The summed E-state index contributed by atoms with van der Waals surface area (Å²) in [5, 5.41) is 0. The summed E-state index contributed by atoms with van der Waals surface area (Å²) in [6.07, 6.45) is 3.40. The maximum Gasteiger partial charge on any atom is 0.155 e. The van der Waals surface area contributed by atoms with Gasteiger partial charge in [0, 0.05) is 12.3 Å². The topological polar surface area (TPSA) is 17.1 Å². The molecule has 1 atom stereocenters. The second-order valence-corrected chi connectivity index (χ2v) is 3.29. The van der Waals surface area contributed by atoms with Crippen molar-refractivity contribution in [3.05, 3.63) is 23.8 Å². The Labute approximate surface area is 67.8 Å². The average Bonchev–Trinajstić information content (AvgIpc) is 1.85. The number of rotatable bonds is 1. The van der Waals surface area contributed by atoms with Crippen molar-refractivity contribution in [2.45, 2.75) is 26.7 Å². The van der Waals surface area contributed by atoms with E-state index >= 15 is 0 Å². The Kier molecular flexibility index (Phi) is 2.28. The molecule has 1 heteroatoms. The molecular formula is C10H14O. The summed E-state index contributed by atoms with van der Waals surface area (Å²) in [5.74, 6) is 0.715. The maximum absolute atomic E-state index is 10.9. The quantitative estimate of drug-likeness (QED) is 0.525. The van der Waals surface area contributed by atoms with Gasteiger partial charge in [-0.25, -0.2) is 0 Å². The van der Waals surface area contributed by atoms with E-state index < -0.39 is 0 Å². The van der Waals surface area contributed by atoms with E-state index in [9.17, 15) is 4.79 Å². The minimum Gasteiger partial charge on any atom is -0.295 e. The van der Waals surface area contributed by atoms with Gasteiger partial charge in [-0.1, -0.05) is 17.7 Å². The van der Waals surface area contributed by atoms with Crippen LogP contribution in [0.15, 0.2) is 23.8 Å². The molecule has 0 heterocycles. The molecule has 0 bridgehead atoms. The molecule has 1 nitrogen and oxygen atoms in total. The third-order valence-electron chi connectivity index (χ3n) is 2.21. The summed E-state index contributed by atoms with van der Waals surface area (Å²) in [5.41, 5.74) is 2.35. The SMILES string of the molecule is C=C(C)C1CCC(=O)C=C1C. The van der Waals surface area contributed by atoms with Crippen molar-refractivity contribution >= 4 is 5.78 Å². The molecule has 1 unspecified atom stereocenters. The first-order valence-corrected chi connectivity index (χ1v) is 3.97. The number of ketones is 1. The van der Waals surface area contributed by atoms with Crippen LogP contribution in [0.5, 0.6) is 0 Å². The van der Waals surface area contributed by atoms with E-state index in [-0.39, 0.29) is 5.78 Å². The van der Waals surface area contributed by atoms with Crippen LogP contribution < -0.4 is 0 Å². The largest absolute Gasteiger partial charge is 0.295 e. The Morgan fingerprint density at radius 1 is 1.73 bits per heavy atom. The van der Waals surface area contributed by atoms with Crippen LogP contribution in [-0.2, 0) is 4.79 Å².